The van der Waals surface area contributed by atoms with Crippen LogP contribution in [-0.2, 0) is 0 Å². The van der Waals surface area contributed by atoms with E-state index >= 15 is 0 Å². The SMILES string of the molecule is O=C(N[C@H](c1ccccn1)C(F)(F)F)c1cccc2nccnc12. The molecule has 0 radical (unpaired) electrons. The van der Waals surface area contributed by atoms with Gasteiger partial charge < -0.3 is 5.32 Å². The van der Waals surface area contributed by atoms with Crippen molar-refractivity contribution in [3.63, 3.8) is 0 Å². The zero-order chi connectivity index (χ0) is 17.2. The van der Waals surface area contributed by atoms with Gasteiger partial charge in [0.25, 0.3) is 5.91 Å². The van der Waals surface area contributed by atoms with Gasteiger partial charge in [0.15, 0.2) is 6.04 Å². The number of hydrogen-bond acceptors (Lipinski definition) is 4. The molecule has 1 aromatic carbocycles. The highest BCUT2D eigenvalue weighted by Crippen LogP contribution is 2.32. The summed E-state index contributed by atoms with van der Waals surface area (Å²) in [6, 6.07) is 6.49. The maximum absolute atomic E-state index is 13.3. The summed E-state index contributed by atoms with van der Waals surface area (Å²) in [5.41, 5.74) is 0.390. The van der Waals surface area contributed by atoms with E-state index in [1.165, 1.54) is 48.9 Å². The van der Waals surface area contributed by atoms with Gasteiger partial charge in [0.05, 0.1) is 16.8 Å². The molecule has 1 N–H and O–H groups in total. The maximum atomic E-state index is 13.3. The number of alkyl halides is 3. The summed E-state index contributed by atoms with van der Waals surface area (Å²) in [6.45, 7) is 0. The van der Waals surface area contributed by atoms with E-state index in [9.17, 15) is 18.0 Å². The zero-order valence-electron chi connectivity index (χ0n) is 12.2. The first kappa shape index (κ1) is 15.9. The highest BCUT2D eigenvalue weighted by molar-refractivity contribution is 6.04. The van der Waals surface area contributed by atoms with Gasteiger partial charge >= 0.3 is 6.18 Å². The lowest BCUT2D eigenvalue weighted by atomic mass is 10.1. The molecule has 3 rings (SSSR count). The molecule has 0 spiro atoms. The first-order chi connectivity index (χ1) is 11.5. The van der Waals surface area contributed by atoms with Crippen LogP contribution in [0.5, 0.6) is 0 Å². The van der Waals surface area contributed by atoms with Crippen LogP contribution in [-0.4, -0.2) is 27.0 Å². The first-order valence-electron chi connectivity index (χ1n) is 6.95. The third-order valence-corrected chi connectivity index (χ3v) is 3.33. The molecule has 0 bridgehead atoms. The van der Waals surface area contributed by atoms with E-state index in [4.69, 9.17) is 0 Å². The molecule has 2 aromatic heterocycles. The smallest absolute Gasteiger partial charge is 0.335 e. The van der Waals surface area contributed by atoms with Crippen LogP contribution >= 0.6 is 0 Å². The van der Waals surface area contributed by atoms with Gasteiger partial charge in [-0.2, -0.15) is 13.2 Å². The van der Waals surface area contributed by atoms with Crippen LogP contribution in [0.4, 0.5) is 13.2 Å². The standard InChI is InChI=1S/C16H11F3N4O/c17-16(18,19)14(12-5-1-2-7-20-12)23-15(24)10-4-3-6-11-13(10)22-9-8-21-11/h1-9,14H,(H,23,24)/t14-/m1/s1. The number of para-hydroxylation sites is 1. The van der Waals surface area contributed by atoms with E-state index in [1.54, 1.807) is 6.07 Å². The Hall–Kier alpha value is -3.03. The number of hydrogen-bond donors (Lipinski definition) is 1. The molecule has 0 aliphatic carbocycles. The molecule has 122 valence electrons. The summed E-state index contributed by atoms with van der Waals surface area (Å²) in [5.74, 6) is -0.894. The van der Waals surface area contributed by atoms with Gasteiger partial charge in [-0.25, -0.2) is 0 Å². The lowest BCUT2D eigenvalue weighted by molar-refractivity contribution is -0.156. The second kappa shape index (κ2) is 6.23. The number of benzene rings is 1. The highest BCUT2D eigenvalue weighted by Gasteiger charge is 2.43. The number of amides is 1. The average molecular weight is 332 g/mol. The Morgan fingerprint density at radius 3 is 2.46 bits per heavy atom. The summed E-state index contributed by atoms with van der Waals surface area (Å²) >= 11 is 0. The number of aromatic nitrogens is 3. The van der Waals surface area contributed by atoms with Crippen LogP contribution in [0.3, 0.4) is 0 Å². The molecule has 0 saturated carbocycles. The topological polar surface area (TPSA) is 67.8 Å². The third kappa shape index (κ3) is 3.17. The molecule has 5 nitrogen and oxygen atoms in total. The van der Waals surface area contributed by atoms with Crippen molar-refractivity contribution in [3.8, 4) is 0 Å². The Kier molecular flexibility index (Phi) is 4.11. The Morgan fingerprint density at radius 1 is 0.958 bits per heavy atom. The quantitative estimate of drug-likeness (QED) is 0.800. The van der Waals surface area contributed by atoms with Crippen LogP contribution < -0.4 is 5.32 Å². The predicted molar refractivity (Wildman–Crippen MR) is 80.0 cm³/mol. The van der Waals surface area contributed by atoms with E-state index in [0.717, 1.165) is 0 Å². The van der Waals surface area contributed by atoms with Crippen LogP contribution in [0.15, 0.2) is 55.0 Å². The Balaban J connectivity index is 1.97. The molecule has 0 fully saturated rings. The molecule has 0 unspecified atom stereocenters. The van der Waals surface area contributed by atoms with Crippen molar-refractivity contribution < 1.29 is 18.0 Å². The monoisotopic (exact) mass is 332 g/mol. The number of pyridine rings is 1. The van der Waals surface area contributed by atoms with E-state index in [-0.39, 0.29) is 16.8 Å². The van der Waals surface area contributed by atoms with Gasteiger partial charge in [-0.1, -0.05) is 12.1 Å². The summed E-state index contributed by atoms with van der Waals surface area (Å²) in [5, 5.41) is 1.99. The van der Waals surface area contributed by atoms with Crippen molar-refractivity contribution in [2.24, 2.45) is 0 Å². The molecule has 1 atom stereocenters. The van der Waals surface area contributed by atoms with Gasteiger partial charge in [0, 0.05) is 18.6 Å². The van der Waals surface area contributed by atoms with Crippen molar-refractivity contribution in [1.29, 1.82) is 0 Å². The maximum Gasteiger partial charge on any atom is 0.414 e. The number of carbonyl (C=O) groups is 1. The van der Waals surface area contributed by atoms with Crippen molar-refractivity contribution in [3.05, 3.63) is 66.2 Å². The van der Waals surface area contributed by atoms with Gasteiger partial charge in [-0.15, -0.1) is 0 Å². The summed E-state index contributed by atoms with van der Waals surface area (Å²) in [7, 11) is 0. The van der Waals surface area contributed by atoms with E-state index < -0.39 is 18.1 Å². The summed E-state index contributed by atoms with van der Waals surface area (Å²) < 4.78 is 39.9. The van der Waals surface area contributed by atoms with Crippen molar-refractivity contribution in [2.45, 2.75) is 12.2 Å². The fraction of sp³-hybridized carbons (Fsp3) is 0.125. The molecule has 24 heavy (non-hydrogen) atoms. The molecular formula is C16H11F3N4O. The van der Waals surface area contributed by atoms with Gasteiger partial charge in [-0.3, -0.25) is 19.7 Å². The minimum atomic E-state index is -4.68. The lowest BCUT2D eigenvalue weighted by Crippen LogP contribution is -2.38. The van der Waals surface area contributed by atoms with Crippen LogP contribution in [0.2, 0.25) is 0 Å². The lowest BCUT2D eigenvalue weighted by Gasteiger charge is -2.21. The van der Waals surface area contributed by atoms with Gasteiger partial charge in [0.1, 0.15) is 5.52 Å². The number of nitrogens with one attached hydrogen (secondary N) is 1. The third-order valence-electron chi connectivity index (χ3n) is 3.33. The number of rotatable bonds is 3. The van der Waals surface area contributed by atoms with Crippen LogP contribution in [0, 0.1) is 0 Å². The number of fused-ring (bicyclic) bond motifs is 1. The van der Waals surface area contributed by atoms with Gasteiger partial charge in [-0.05, 0) is 24.3 Å². The van der Waals surface area contributed by atoms with Crippen molar-refractivity contribution in [2.75, 3.05) is 0 Å². The minimum absolute atomic E-state index is 0.0192. The predicted octanol–water partition coefficient (Wildman–Crippen LogP) is 3.06. The normalized spacial score (nSPS) is 12.8. The molecule has 3 aromatic rings. The molecule has 8 heteroatoms. The highest BCUT2D eigenvalue weighted by atomic mass is 19.4. The van der Waals surface area contributed by atoms with E-state index in [2.05, 4.69) is 15.0 Å². The molecule has 0 aliphatic rings. The van der Waals surface area contributed by atoms with Crippen molar-refractivity contribution >= 4 is 16.9 Å². The van der Waals surface area contributed by atoms with Crippen LogP contribution in [0.1, 0.15) is 22.1 Å². The largest absolute Gasteiger partial charge is 0.414 e. The molecule has 1 amide bonds. The Morgan fingerprint density at radius 2 is 1.75 bits per heavy atom. The molecule has 2 heterocycles. The number of halogens is 3. The minimum Gasteiger partial charge on any atom is -0.335 e. The second-order valence-corrected chi connectivity index (χ2v) is 4.93. The van der Waals surface area contributed by atoms with E-state index in [0.29, 0.717) is 5.52 Å². The molecular weight excluding hydrogens is 321 g/mol. The zero-order valence-corrected chi connectivity index (χ0v) is 12.2. The Labute approximate surface area is 134 Å². The second-order valence-electron chi connectivity index (χ2n) is 4.93. The fourth-order valence-corrected chi connectivity index (χ4v) is 2.25. The summed E-state index contributed by atoms with van der Waals surface area (Å²) in [4.78, 5) is 24.1. The molecule has 0 saturated heterocycles. The Bertz CT molecular complexity index is 863. The first-order valence-corrected chi connectivity index (χ1v) is 6.95. The summed E-state index contributed by atoms with van der Waals surface area (Å²) in [6.07, 6.45) is -0.626. The van der Waals surface area contributed by atoms with Crippen molar-refractivity contribution in [1.82, 2.24) is 20.3 Å². The van der Waals surface area contributed by atoms with Crippen LogP contribution in [0.25, 0.3) is 11.0 Å². The molecule has 0 aliphatic heterocycles. The van der Waals surface area contributed by atoms with Gasteiger partial charge in [0.2, 0.25) is 0 Å². The average Bonchev–Trinajstić information content (AvgIpc) is 2.58. The number of carbonyl (C=O) groups excluding carboxylic acids is 1. The van der Waals surface area contributed by atoms with E-state index in [1.807, 2.05) is 5.32 Å². The fourth-order valence-electron chi connectivity index (χ4n) is 2.25. The number of nitrogens with zero attached hydrogens (tertiary/aromatic N) is 3.